The number of non-ortho nitro benzene ring substituents is 1. The van der Waals surface area contributed by atoms with Crippen LogP contribution in [0.3, 0.4) is 0 Å². The van der Waals surface area contributed by atoms with E-state index >= 15 is 0 Å². The van der Waals surface area contributed by atoms with Gasteiger partial charge < -0.3 is 4.74 Å². The van der Waals surface area contributed by atoms with Crippen molar-refractivity contribution < 1.29 is 9.66 Å². The number of benzene rings is 2. The molecule has 5 nitrogen and oxygen atoms in total. The Bertz CT molecular complexity index is 677. The third kappa shape index (κ3) is 2.75. The molecule has 2 aromatic carbocycles. The largest absolute Gasteiger partial charge is 0.457 e. The first-order valence-electron chi connectivity index (χ1n) is 5.95. The highest BCUT2D eigenvalue weighted by atomic mass is 16.6. The van der Waals surface area contributed by atoms with Crippen molar-refractivity contribution in [3.63, 3.8) is 0 Å². The minimum atomic E-state index is -0.456. The zero-order valence-electron chi connectivity index (χ0n) is 11.1. The number of hydrogen-bond acceptors (Lipinski definition) is 4. The summed E-state index contributed by atoms with van der Waals surface area (Å²) in [4.78, 5) is 10.1. The van der Waals surface area contributed by atoms with Gasteiger partial charge in [-0.1, -0.05) is 0 Å². The molecule has 0 aliphatic carbocycles. The summed E-state index contributed by atoms with van der Waals surface area (Å²) in [6, 6.07) is 11.5. The van der Waals surface area contributed by atoms with E-state index in [-0.39, 0.29) is 5.69 Å². The van der Waals surface area contributed by atoms with Crippen LogP contribution >= 0.6 is 0 Å². The maximum atomic E-state index is 10.6. The van der Waals surface area contributed by atoms with Crippen LogP contribution in [-0.4, -0.2) is 4.92 Å². The average Bonchev–Trinajstić information content (AvgIpc) is 2.43. The minimum absolute atomic E-state index is 0.0191. The van der Waals surface area contributed by atoms with Gasteiger partial charge >= 0.3 is 0 Å². The topological polar surface area (TPSA) is 76.2 Å². The molecule has 100 valence electrons. The first kappa shape index (κ1) is 13.6. The van der Waals surface area contributed by atoms with Gasteiger partial charge in [0.2, 0.25) is 0 Å². The lowest BCUT2D eigenvalue weighted by atomic mass is 10.1. The van der Waals surface area contributed by atoms with Crippen molar-refractivity contribution in [2.75, 3.05) is 0 Å². The highest BCUT2D eigenvalue weighted by molar-refractivity contribution is 5.49. The van der Waals surface area contributed by atoms with Gasteiger partial charge in [-0.3, -0.25) is 10.1 Å². The second-order valence-corrected chi connectivity index (χ2v) is 4.40. The Balaban J connectivity index is 2.31. The molecule has 0 heterocycles. The summed E-state index contributed by atoms with van der Waals surface area (Å²) in [6.07, 6.45) is 0. The number of nitro benzene ring substituents is 1. The molecule has 0 saturated carbocycles. The predicted molar refractivity (Wildman–Crippen MR) is 73.8 cm³/mol. The maximum absolute atomic E-state index is 10.6. The Hall–Kier alpha value is -2.87. The van der Waals surface area contributed by atoms with Crippen LogP contribution in [0, 0.1) is 35.3 Å². The number of nitriles is 1. The summed E-state index contributed by atoms with van der Waals surface area (Å²) in [7, 11) is 0. The molecular formula is C15H12N2O3. The molecule has 5 heteroatoms. The molecule has 0 bridgehead atoms. The van der Waals surface area contributed by atoms with Gasteiger partial charge in [0, 0.05) is 12.1 Å². The van der Waals surface area contributed by atoms with Gasteiger partial charge in [0.05, 0.1) is 16.6 Å². The van der Waals surface area contributed by atoms with Gasteiger partial charge in [0.1, 0.15) is 11.5 Å². The molecule has 0 saturated heterocycles. The van der Waals surface area contributed by atoms with E-state index in [9.17, 15) is 10.1 Å². The maximum Gasteiger partial charge on any atom is 0.269 e. The normalized spacial score (nSPS) is 9.85. The molecule has 0 amide bonds. The van der Waals surface area contributed by atoms with Gasteiger partial charge in [-0.2, -0.15) is 5.26 Å². The average molecular weight is 268 g/mol. The van der Waals surface area contributed by atoms with Crippen molar-refractivity contribution >= 4 is 5.69 Å². The molecule has 0 fully saturated rings. The van der Waals surface area contributed by atoms with E-state index in [1.54, 1.807) is 24.3 Å². The van der Waals surface area contributed by atoms with Crippen molar-refractivity contribution in [2.24, 2.45) is 0 Å². The highest BCUT2D eigenvalue weighted by Gasteiger charge is 2.09. The van der Waals surface area contributed by atoms with E-state index in [1.165, 1.54) is 12.1 Å². The number of rotatable bonds is 3. The molecule has 2 aromatic rings. The molecule has 0 aromatic heterocycles. The number of aryl methyl sites for hydroxylation is 2. The number of nitro groups is 1. The minimum Gasteiger partial charge on any atom is -0.457 e. The Morgan fingerprint density at radius 1 is 1.15 bits per heavy atom. The summed E-state index contributed by atoms with van der Waals surface area (Å²) in [5.74, 6) is 1.18. The van der Waals surface area contributed by atoms with Crippen molar-refractivity contribution in [3.8, 4) is 17.6 Å². The molecular weight excluding hydrogens is 256 g/mol. The monoisotopic (exact) mass is 268 g/mol. The van der Waals surface area contributed by atoms with Crippen LogP contribution in [0.2, 0.25) is 0 Å². The summed E-state index contributed by atoms with van der Waals surface area (Å²) in [5, 5.41) is 19.5. The van der Waals surface area contributed by atoms with Gasteiger partial charge in [0.25, 0.3) is 5.69 Å². The predicted octanol–water partition coefficient (Wildman–Crippen LogP) is 3.88. The number of nitrogens with zero attached hydrogens (tertiary/aromatic N) is 2. The van der Waals surface area contributed by atoms with Crippen molar-refractivity contribution in [2.45, 2.75) is 13.8 Å². The summed E-state index contributed by atoms with van der Waals surface area (Å²) < 4.78 is 5.74. The van der Waals surface area contributed by atoms with Crippen molar-refractivity contribution in [1.82, 2.24) is 0 Å². The Labute approximate surface area is 116 Å². The molecule has 20 heavy (non-hydrogen) atoms. The van der Waals surface area contributed by atoms with Gasteiger partial charge in [-0.05, 0) is 49.2 Å². The smallest absolute Gasteiger partial charge is 0.269 e. The zero-order valence-corrected chi connectivity index (χ0v) is 11.1. The third-order valence-electron chi connectivity index (χ3n) is 2.86. The third-order valence-corrected chi connectivity index (χ3v) is 2.86. The van der Waals surface area contributed by atoms with E-state index in [4.69, 9.17) is 10.00 Å². The van der Waals surface area contributed by atoms with Crippen LogP contribution in [-0.2, 0) is 0 Å². The molecule has 0 spiro atoms. The van der Waals surface area contributed by atoms with E-state index in [1.807, 2.05) is 13.8 Å². The van der Waals surface area contributed by atoms with E-state index in [0.717, 1.165) is 11.1 Å². The molecule has 2 rings (SSSR count). The zero-order chi connectivity index (χ0) is 14.7. The summed E-state index contributed by atoms with van der Waals surface area (Å²) in [5.41, 5.74) is 2.29. The molecule has 0 aliphatic heterocycles. The first-order chi connectivity index (χ1) is 9.51. The van der Waals surface area contributed by atoms with Crippen LogP contribution in [0.25, 0.3) is 0 Å². The fraction of sp³-hybridized carbons (Fsp3) is 0.133. The second-order valence-electron chi connectivity index (χ2n) is 4.40. The van der Waals surface area contributed by atoms with E-state index < -0.39 is 4.92 Å². The molecule has 0 atom stereocenters. The first-order valence-corrected chi connectivity index (χ1v) is 5.95. The van der Waals surface area contributed by atoms with Crippen LogP contribution in [0.1, 0.15) is 16.7 Å². The lowest BCUT2D eigenvalue weighted by molar-refractivity contribution is -0.384. The Morgan fingerprint density at radius 2 is 1.70 bits per heavy atom. The van der Waals surface area contributed by atoms with Gasteiger partial charge in [-0.15, -0.1) is 0 Å². The fourth-order valence-corrected chi connectivity index (χ4v) is 1.93. The van der Waals surface area contributed by atoms with E-state index in [0.29, 0.717) is 17.1 Å². The van der Waals surface area contributed by atoms with Crippen molar-refractivity contribution in [3.05, 3.63) is 63.2 Å². The van der Waals surface area contributed by atoms with Crippen molar-refractivity contribution in [1.29, 1.82) is 5.26 Å². The fourth-order valence-electron chi connectivity index (χ4n) is 1.93. The Morgan fingerprint density at radius 3 is 2.15 bits per heavy atom. The van der Waals surface area contributed by atoms with Crippen LogP contribution in [0.4, 0.5) is 5.69 Å². The van der Waals surface area contributed by atoms with Crippen LogP contribution < -0.4 is 4.74 Å². The van der Waals surface area contributed by atoms with Crippen LogP contribution in [0.15, 0.2) is 36.4 Å². The molecule has 0 N–H and O–H groups in total. The lowest BCUT2D eigenvalue weighted by Gasteiger charge is -2.12. The highest BCUT2D eigenvalue weighted by Crippen LogP contribution is 2.30. The van der Waals surface area contributed by atoms with Gasteiger partial charge in [0.15, 0.2) is 0 Å². The standard InChI is InChI=1S/C15H12N2O3/c1-10-7-12(9-16)8-11(2)15(10)20-14-5-3-13(4-6-14)17(18)19/h3-8H,1-2H3. The lowest BCUT2D eigenvalue weighted by Crippen LogP contribution is -1.93. The molecule has 0 unspecified atom stereocenters. The SMILES string of the molecule is Cc1cc(C#N)cc(C)c1Oc1ccc([N+](=O)[O-])cc1. The Kier molecular flexibility index (Phi) is 3.67. The number of hydrogen-bond donors (Lipinski definition) is 0. The summed E-state index contributed by atoms with van der Waals surface area (Å²) >= 11 is 0. The second kappa shape index (κ2) is 5.41. The number of ether oxygens (including phenoxy) is 1. The molecule has 0 aliphatic rings. The van der Waals surface area contributed by atoms with E-state index in [2.05, 4.69) is 6.07 Å². The summed E-state index contributed by atoms with van der Waals surface area (Å²) in [6.45, 7) is 3.71. The van der Waals surface area contributed by atoms with Crippen LogP contribution in [0.5, 0.6) is 11.5 Å². The molecule has 0 radical (unpaired) electrons. The van der Waals surface area contributed by atoms with Gasteiger partial charge in [-0.25, -0.2) is 0 Å². The quantitative estimate of drug-likeness (QED) is 0.625.